The van der Waals surface area contributed by atoms with Gasteiger partial charge in [0.1, 0.15) is 5.69 Å². The molecule has 12 nitrogen and oxygen atoms in total. The number of halogens is 1. The van der Waals surface area contributed by atoms with Crippen LogP contribution in [0.2, 0.25) is 0 Å². The average molecular weight is 507 g/mol. The van der Waals surface area contributed by atoms with Crippen molar-refractivity contribution in [3.63, 3.8) is 0 Å². The summed E-state index contributed by atoms with van der Waals surface area (Å²) in [4.78, 5) is 46.6. The predicted octanol–water partition coefficient (Wildman–Crippen LogP) is 2.73. The van der Waals surface area contributed by atoms with Crippen LogP contribution in [0.5, 0.6) is 0 Å². The summed E-state index contributed by atoms with van der Waals surface area (Å²) in [6.07, 6.45) is 0.969. The third-order valence-electron chi connectivity index (χ3n) is 4.08. The van der Waals surface area contributed by atoms with E-state index in [1.807, 2.05) is 0 Å². The highest BCUT2D eigenvalue weighted by Gasteiger charge is 2.38. The van der Waals surface area contributed by atoms with Crippen LogP contribution in [-0.4, -0.2) is 33.0 Å². The number of nitro groups is 2. The van der Waals surface area contributed by atoms with E-state index in [9.17, 15) is 29.8 Å². The van der Waals surface area contributed by atoms with Crippen molar-refractivity contribution < 1.29 is 19.4 Å². The number of benzene rings is 2. The van der Waals surface area contributed by atoms with E-state index in [0.717, 1.165) is 33.8 Å². The van der Waals surface area contributed by atoms with Gasteiger partial charge in [0.15, 0.2) is 11.0 Å². The van der Waals surface area contributed by atoms with Gasteiger partial charge in [0.2, 0.25) is 5.91 Å². The summed E-state index contributed by atoms with van der Waals surface area (Å²) < 4.78 is 0.780. The zero-order valence-electron chi connectivity index (χ0n) is 15.2. The molecule has 14 heteroatoms. The van der Waals surface area contributed by atoms with Crippen molar-refractivity contribution in [2.75, 3.05) is 10.3 Å². The Hall–Kier alpha value is -3.78. The zero-order chi connectivity index (χ0) is 22.7. The standard InChI is InChI=1S/C17H11BrN6O6S/c18-9-1-3-10(4-2-9)22-16(26)12(15(25)20-17(22)31)8-19-21-13-6-5-11(23(27)28)7-14(13)24(29)30/h1-8,12,21H,(H,20,25,31)/b19-8-/t12-/m0/s1. The number of amides is 2. The molecule has 31 heavy (non-hydrogen) atoms. The van der Waals surface area contributed by atoms with Crippen LogP contribution < -0.4 is 15.6 Å². The van der Waals surface area contributed by atoms with Crippen molar-refractivity contribution in [1.29, 1.82) is 0 Å². The molecule has 2 N–H and O–H groups in total. The fourth-order valence-electron chi connectivity index (χ4n) is 2.62. The summed E-state index contributed by atoms with van der Waals surface area (Å²) in [6, 6.07) is 9.55. The van der Waals surface area contributed by atoms with Crippen molar-refractivity contribution >= 4 is 74.0 Å². The third kappa shape index (κ3) is 4.70. The third-order valence-corrected chi connectivity index (χ3v) is 4.90. The largest absolute Gasteiger partial charge is 0.301 e. The van der Waals surface area contributed by atoms with E-state index in [2.05, 4.69) is 31.8 Å². The second-order valence-corrected chi connectivity index (χ2v) is 7.33. The Morgan fingerprint density at radius 3 is 2.42 bits per heavy atom. The van der Waals surface area contributed by atoms with Crippen LogP contribution in [-0.2, 0) is 9.59 Å². The summed E-state index contributed by atoms with van der Waals surface area (Å²) in [5.41, 5.74) is 1.54. The molecule has 1 atom stereocenters. The van der Waals surface area contributed by atoms with Crippen molar-refractivity contribution in [2.24, 2.45) is 11.0 Å². The van der Waals surface area contributed by atoms with Crippen LogP contribution >= 0.6 is 28.1 Å². The first-order valence-electron chi connectivity index (χ1n) is 8.35. The van der Waals surface area contributed by atoms with Gasteiger partial charge in [-0.15, -0.1) is 0 Å². The van der Waals surface area contributed by atoms with Crippen LogP contribution in [0.25, 0.3) is 0 Å². The van der Waals surface area contributed by atoms with Crippen molar-refractivity contribution in [3.05, 3.63) is 67.2 Å². The minimum atomic E-state index is -1.36. The first kappa shape index (κ1) is 21.9. The fraction of sp³-hybridized carbons (Fsp3) is 0.0588. The lowest BCUT2D eigenvalue weighted by atomic mass is 10.1. The number of anilines is 2. The Morgan fingerprint density at radius 2 is 1.81 bits per heavy atom. The number of thiocarbonyl (C=S) groups is 1. The predicted molar refractivity (Wildman–Crippen MR) is 118 cm³/mol. The highest BCUT2D eigenvalue weighted by atomic mass is 79.9. The maximum atomic E-state index is 12.8. The van der Waals surface area contributed by atoms with Crippen LogP contribution in [0.1, 0.15) is 0 Å². The highest BCUT2D eigenvalue weighted by molar-refractivity contribution is 9.10. The SMILES string of the molecule is O=C1NC(=S)N(c2ccc(Br)cc2)C(=O)[C@H]1/C=N\Nc1ccc([N+](=O)[O-])cc1[N+](=O)[O-]. The Bertz CT molecular complexity index is 1140. The molecule has 0 spiro atoms. The van der Waals surface area contributed by atoms with Crippen LogP contribution in [0.4, 0.5) is 22.7 Å². The molecule has 2 aromatic rings. The number of carbonyl (C=O) groups excluding carboxylic acids is 2. The van der Waals surface area contributed by atoms with Gasteiger partial charge in [-0.2, -0.15) is 5.10 Å². The molecule has 1 aliphatic heterocycles. The van der Waals surface area contributed by atoms with Gasteiger partial charge in [-0.05, 0) is 42.5 Å². The topological polar surface area (TPSA) is 160 Å². The molecule has 0 radical (unpaired) electrons. The minimum Gasteiger partial charge on any atom is -0.301 e. The fourth-order valence-corrected chi connectivity index (χ4v) is 3.18. The molecule has 1 saturated heterocycles. The summed E-state index contributed by atoms with van der Waals surface area (Å²) in [5, 5.41) is 28.0. The second-order valence-electron chi connectivity index (χ2n) is 6.03. The van der Waals surface area contributed by atoms with E-state index in [0.29, 0.717) is 5.69 Å². The number of hydrogen-bond acceptors (Lipinski definition) is 9. The van der Waals surface area contributed by atoms with Crippen molar-refractivity contribution in [1.82, 2.24) is 5.32 Å². The Labute approximate surface area is 187 Å². The van der Waals surface area contributed by atoms with Crippen molar-refractivity contribution in [2.45, 2.75) is 0 Å². The molecule has 2 aromatic carbocycles. The first-order valence-corrected chi connectivity index (χ1v) is 9.55. The highest BCUT2D eigenvalue weighted by Crippen LogP contribution is 2.29. The number of rotatable bonds is 6. The Morgan fingerprint density at radius 1 is 1.13 bits per heavy atom. The summed E-state index contributed by atoms with van der Waals surface area (Å²) in [7, 11) is 0. The van der Waals surface area contributed by atoms with Gasteiger partial charge in [-0.1, -0.05) is 15.9 Å². The molecule has 1 aliphatic rings. The minimum absolute atomic E-state index is 0.0964. The zero-order valence-corrected chi connectivity index (χ0v) is 17.6. The number of carbonyl (C=O) groups is 2. The van der Waals surface area contributed by atoms with E-state index < -0.39 is 39.0 Å². The second kappa shape index (κ2) is 8.93. The molecule has 1 fully saturated rings. The normalized spacial score (nSPS) is 16.4. The van der Waals surface area contributed by atoms with Gasteiger partial charge in [-0.25, -0.2) is 0 Å². The number of hydrazone groups is 1. The molecule has 158 valence electrons. The summed E-state index contributed by atoms with van der Waals surface area (Å²) >= 11 is 8.37. The number of nitrogens with zero attached hydrogens (tertiary/aromatic N) is 4. The van der Waals surface area contributed by atoms with Gasteiger partial charge < -0.3 is 5.32 Å². The lowest BCUT2D eigenvalue weighted by molar-refractivity contribution is -0.393. The molecule has 2 amide bonds. The monoisotopic (exact) mass is 506 g/mol. The summed E-state index contributed by atoms with van der Waals surface area (Å²) in [6.45, 7) is 0. The lowest BCUT2D eigenvalue weighted by Crippen LogP contribution is -2.58. The molecule has 0 bridgehead atoms. The quantitative estimate of drug-likeness (QED) is 0.198. The molecule has 0 saturated carbocycles. The Kier molecular flexibility index (Phi) is 6.31. The van der Waals surface area contributed by atoms with Gasteiger partial charge in [-0.3, -0.25) is 40.1 Å². The Balaban J connectivity index is 1.83. The molecule has 3 rings (SSSR count). The van der Waals surface area contributed by atoms with E-state index in [-0.39, 0.29) is 10.8 Å². The molecule has 0 aliphatic carbocycles. The van der Waals surface area contributed by atoms with E-state index in [1.54, 1.807) is 24.3 Å². The van der Waals surface area contributed by atoms with E-state index >= 15 is 0 Å². The molecular weight excluding hydrogens is 496 g/mol. The molecule has 0 aromatic heterocycles. The van der Waals surface area contributed by atoms with Gasteiger partial charge in [0.05, 0.1) is 21.6 Å². The van der Waals surface area contributed by atoms with Crippen LogP contribution in [0, 0.1) is 26.1 Å². The van der Waals surface area contributed by atoms with Gasteiger partial charge >= 0.3 is 5.69 Å². The van der Waals surface area contributed by atoms with Crippen LogP contribution in [0.15, 0.2) is 52.0 Å². The molecule has 0 unspecified atom stereocenters. The number of hydrogen-bond donors (Lipinski definition) is 2. The maximum absolute atomic E-state index is 12.8. The lowest BCUT2D eigenvalue weighted by Gasteiger charge is -2.30. The molecular formula is C17H11BrN6O6S. The maximum Gasteiger partial charge on any atom is 0.301 e. The smallest absolute Gasteiger partial charge is 0.301 e. The van der Waals surface area contributed by atoms with E-state index in [4.69, 9.17) is 12.2 Å². The van der Waals surface area contributed by atoms with Gasteiger partial charge in [0, 0.05) is 16.8 Å². The number of nitro benzene ring substituents is 2. The van der Waals surface area contributed by atoms with Crippen LogP contribution in [0.3, 0.4) is 0 Å². The van der Waals surface area contributed by atoms with Gasteiger partial charge in [0.25, 0.3) is 11.6 Å². The first-order chi connectivity index (χ1) is 14.7. The molecule has 1 heterocycles. The van der Waals surface area contributed by atoms with E-state index in [1.165, 1.54) is 0 Å². The van der Waals surface area contributed by atoms with Crippen molar-refractivity contribution in [3.8, 4) is 0 Å². The number of nitrogens with one attached hydrogen (secondary N) is 2. The number of non-ortho nitro benzene ring substituents is 1. The average Bonchev–Trinajstić information content (AvgIpc) is 2.71. The summed E-state index contributed by atoms with van der Waals surface area (Å²) in [5.74, 6) is -2.74.